The fraction of sp³-hybridized carbons (Fsp3) is 0.412. The van der Waals surface area contributed by atoms with Crippen molar-refractivity contribution in [1.82, 2.24) is 4.90 Å². The number of rotatable bonds is 4. The van der Waals surface area contributed by atoms with Gasteiger partial charge in [0.2, 0.25) is 0 Å². The summed E-state index contributed by atoms with van der Waals surface area (Å²) in [6, 6.07) is 7.55. The SMILES string of the molecule is CC(C)Oc1ccc(/C=C(\C#N)C(=O)N2CCCC2)cc1Br. The minimum absolute atomic E-state index is 0.0871. The lowest BCUT2D eigenvalue weighted by Gasteiger charge is -2.14. The van der Waals surface area contributed by atoms with Gasteiger partial charge in [-0.3, -0.25) is 4.79 Å². The van der Waals surface area contributed by atoms with Gasteiger partial charge in [-0.05, 0) is 66.4 Å². The van der Waals surface area contributed by atoms with E-state index in [1.54, 1.807) is 11.0 Å². The van der Waals surface area contributed by atoms with E-state index in [2.05, 4.69) is 15.9 Å². The first-order valence-electron chi connectivity index (χ1n) is 7.38. The van der Waals surface area contributed by atoms with Gasteiger partial charge in [-0.2, -0.15) is 5.26 Å². The molecular weight excluding hydrogens is 344 g/mol. The molecule has 0 aliphatic carbocycles. The Labute approximate surface area is 139 Å². The van der Waals surface area contributed by atoms with Crippen LogP contribution in [0.1, 0.15) is 32.3 Å². The van der Waals surface area contributed by atoms with E-state index in [1.165, 1.54) is 0 Å². The van der Waals surface area contributed by atoms with E-state index in [1.807, 2.05) is 38.1 Å². The van der Waals surface area contributed by atoms with Crippen LogP contribution in [-0.4, -0.2) is 30.0 Å². The topological polar surface area (TPSA) is 53.3 Å². The first kappa shape index (κ1) is 16.6. The molecule has 1 fully saturated rings. The average molecular weight is 363 g/mol. The molecule has 0 radical (unpaired) electrons. The third-order valence-corrected chi connectivity index (χ3v) is 3.99. The number of benzene rings is 1. The van der Waals surface area contributed by atoms with Crippen LogP contribution in [0.15, 0.2) is 28.2 Å². The molecule has 1 aromatic rings. The second-order valence-corrected chi connectivity index (χ2v) is 6.38. The van der Waals surface area contributed by atoms with Crippen molar-refractivity contribution >= 4 is 27.9 Å². The minimum Gasteiger partial charge on any atom is -0.490 e. The number of halogens is 1. The Morgan fingerprint density at radius 2 is 2.09 bits per heavy atom. The van der Waals surface area contributed by atoms with Crippen LogP contribution in [0.5, 0.6) is 5.75 Å². The fourth-order valence-electron chi connectivity index (χ4n) is 2.36. The van der Waals surface area contributed by atoms with Crippen LogP contribution in [0.25, 0.3) is 6.08 Å². The minimum atomic E-state index is -0.182. The number of ether oxygens (including phenoxy) is 1. The average Bonchev–Trinajstić information content (AvgIpc) is 3.00. The van der Waals surface area contributed by atoms with Crippen molar-refractivity contribution < 1.29 is 9.53 Å². The number of amides is 1. The maximum Gasteiger partial charge on any atom is 0.264 e. The van der Waals surface area contributed by atoms with Crippen molar-refractivity contribution in [3.63, 3.8) is 0 Å². The summed E-state index contributed by atoms with van der Waals surface area (Å²) in [5, 5.41) is 9.26. The molecule has 0 N–H and O–H groups in total. The lowest BCUT2D eigenvalue weighted by Crippen LogP contribution is -2.28. The zero-order valence-electron chi connectivity index (χ0n) is 12.8. The van der Waals surface area contributed by atoms with E-state index in [0.29, 0.717) is 0 Å². The first-order chi connectivity index (χ1) is 10.5. The molecule has 4 nitrogen and oxygen atoms in total. The summed E-state index contributed by atoms with van der Waals surface area (Å²) in [4.78, 5) is 14.0. The number of carbonyl (C=O) groups is 1. The van der Waals surface area contributed by atoms with Crippen molar-refractivity contribution in [2.75, 3.05) is 13.1 Å². The van der Waals surface area contributed by atoms with Crippen molar-refractivity contribution in [2.45, 2.75) is 32.8 Å². The molecule has 2 rings (SSSR count). The highest BCUT2D eigenvalue weighted by molar-refractivity contribution is 9.10. The zero-order valence-corrected chi connectivity index (χ0v) is 14.4. The standard InChI is InChI=1S/C17H19BrN2O2/c1-12(2)22-16-6-5-13(10-15(16)18)9-14(11-19)17(21)20-7-3-4-8-20/h5-6,9-10,12H,3-4,7-8H2,1-2H3/b14-9+. The van der Waals surface area contributed by atoms with Gasteiger partial charge in [-0.15, -0.1) is 0 Å². The quantitative estimate of drug-likeness (QED) is 0.605. The van der Waals surface area contributed by atoms with Crippen LogP contribution < -0.4 is 4.74 Å². The van der Waals surface area contributed by atoms with Crippen LogP contribution in [-0.2, 0) is 4.79 Å². The van der Waals surface area contributed by atoms with Gasteiger partial charge in [0.25, 0.3) is 5.91 Å². The normalized spacial score (nSPS) is 15.0. The number of hydrogen-bond donors (Lipinski definition) is 0. The summed E-state index contributed by atoms with van der Waals surface area (Å²) in [6.45, 7) is 5.40. The molecule has 1 aliphatic rings. The van der Waals surface area contributed by atoms with Gasteiger partial charge in [-0.1, -0.05) is 6.07 Å². The van der Waals surface area contributed by atoms with Gasteiger partial charge in [0.05, 0.1) is 10.6 Å². The van der Waals surface area contributed by atoms with E-state index in [0.717, 1.165) is 41.7 Å². The highest BCUT2D eigenvalue weighted by Gasteiger charge is 2.21. The molecule has 0 unspecified atom stereocenters. The molecule has 0 atom stereocenters. The molecule has 1 heterocycles. The van der Waals surface area contributed by atoms with Crippen molar-refractivity contribution in [3.05, 3.63) is 33.8 Å². The third-order valence-electron chi connectivity index (χ3n) is 3.37. The van der Waals surface area contributed by atoms with Crippen LogP contribution in [0.2, 0.25) is 0 Å². The highest BCUT2D eigenvalue weighted by atomic mass is 79.9. The summed E-state index contributed by atoms with van der Waals surface area (Å²) < 4.78 is 6.46. The maximum atomic E-state index is 12.3. The lowest BCUT2D eigenvalue weighted by atomic mass is 10.1. The summed E-state index contributed by atoms with van der Waals surface area (Å²) in [5.74, 6) is 0.565. The van der Waals surface area contributed by atoms with Crippen molar-refractivity contribution in [1.29, 1.82) is 5.26 Å². The number of likely N-dealkylation sites (tertiary alicyclic amines) is 1. The highest BCUT2D eigenvalue weighted by Crippen LogP contribution is 2.28. The Kier molecular flexibility index (Phi) is 5.62. The molecule has 22 heavy (non-hydrogen) atoms. The molecule has 1 aromatic carbocycles. The number of nitrogens with zero attached hydrogens (tertiary/aromatic N) is 2. The second-order valence-electron chi connectivity index (χ2n) is 5.53. The zero-order chi connectivity index (χ0) is 16.1. The molecule has 1 saturated heterocycles. The van der Waals surface area contributed by atoms with Gasteiger partial charge in [0.15, 0.2) is 0 Å². The van der Waals surface area contributed by atoms with E-state index >= 15 is 0 Å². The summed E-state index contributed by atoms with van der Waals surface area (Å²) in [7, 11) is 0. The number of carbonyl (C=O) groups excluding carboxylic acids is 1. The molecular formula is C17H19BrN2O2. The largest absolute Gasteiger partial charge is 0.490 e. The van der Waals surface area contributed by atoms with E-state index in [9.17, 15) is 10.1 Å². The number of nitriles is 1. The van der Waals surface area contributed by atoms with Gasteiger partial charge in [-0.25, -0.2) is 0 Å². The lowest BCUT2D eigenvalue weighted by molar-refractivity contribution is -0.125. The molecule has 0 spiro atoms. The Bertz CT molecular complexity index is 626. The van der Waals surface area contributed by atoms with Crippen LogP contribution >= 0.6 is 15.9 Å². The van der Waals surface area contributed by atoms with E-state index in [-0.39, 0.29) is 17.6 Å². The molecule has 116 valence electrons. The van der Waals surface area contributed by atoms with Crippen LogP contribution in [0.4, 0.5) is 0 Å². The molecule has 1 amide bonds. The molecule has 0 aromatic heterocycles. The molecule has 0 bridgehead atoms. The van der Waals surface area contributed by atoms with Gasteiger partial charge in [0.1, 0.15) is 17.4 Å². The Morgan fingerprint density at radius 3 is 2.64 bits per heavy atom. The Balaban J connectivity index is 2.21. The fourth-order valence-corrected chi connectivity index (χ4v) is 2.85. The predicted octanol–water partition coefficient (Wildman–Crippen LogP) is 3.77. The first-order valence-corrected chi connectivity index (χ1v) is 8.18. The van der Waals surface area contributed by atoms with Gasteiger partial charge in [0, 0.05) is 13.1 Å². The maximum absolute atomic E-state index is 12.3. The second kappa shape index (κ2) is 7.46. The monoisotopic (exact) mass is 362 g/mol. The van der Waals surface area contributed by atoms with Gasteiger partial charge >= 0.3 is 0 Å². The van der Waals surface area contributed by atoms with Crippen molar-refractivity contribution in [3.8, 4) is 11.8 Å². The smallest absolute Gasteiger partial charge is 0.264 e. The van der Waals surface area contributed by atoms with Crippen molar-refractivity contribution in [2.24, 2.45) is 0 Å². The van der Waals surface area contributed by atoms with E-state index in [4.69, 9.17) is 4.74 Å². The number of hydrogen-bond acceptors (Lipinski definition) is 3. The van der Waals surface area contributed by atoms with Crippen LogP contribution in [0, 0.1) is 11.3 Å². The third kappa shape index (κ3) is 4.11. The van der Waals surface area contributed by atoms with Crippen LogP contribution in [0.3, 0.4) is 0 Å². The molecule has 5 heteroatoms. The summed E-state index contributed by atoms with van der Waals surface area (Å²) >= 11 is 3.46. The molecule has 1 aliphatic heterocycles. The summed E-state index contributed by atoms with van der Waals surface area (Å²) in [5.41, 5.74) is 0.971. The Hall–Kier alpha value is -1.80. The van der Waals surface area contributed by atoms with E-state index < -0.39 is 0 Å². The molecule has 0 saturated carbocycles. The van der Waals surface area contributed by atoms with Gasteiger partial charge < -0.3 is 9.64 Å². The predicted molar refractivity (Wildman–Crippen MR) is 89.3 cm³/mol. The summed E-state index contributed by atoms with van der Waals surface area (Å²) in [6.07, 6.45) is 3.74. The Morgan fingerprint density at radius 1 is 1.41 bits per heavy atom.